The molecule has 1 fully saturated rings. The molecule has 1 aliphatic rings. The smallest absolute Gasteiger partial charge is 0.236 e. The number of benzene rings is 3. The molecule has 6 nitrogen and oxygen atoms in total. The number of carbonyl (C=O) groups excluding carboxylic acids is 1. The van der Waals surface area contributed by atoms with Crippen LogP contribution in [0.1, 0.15) is 24.8 Å². The molecule has 4 rings (SSSR count). The van der Waals surface area contributed by atoms with Gasteiger partial charge in [0.25, 0.3) is 0 Å². The van der Waals surface area contributed by atoms with Gasteiger partial charge in [-0.2, -0.15) is 0 Å². The number of aryl methyl sites for hydroxylation is 1. The number of aromatic hydroxyl groups is 1. The second-order valence-electron chi connectivity index (χ2n) is 8.41. The van der Waals surface area contributed by atoms with Gasteiger partial charge in [-0.05, 0) is 78.8 Å². The summed E-state index contributed by atoms with van der Waals surface area (Å²) in [4.78, 5) is 12.7. The Morgan fingerprint density at radius 2 is 1.71 bits per heavy atom. The van der Waals surface area contributed by atoms with E-state index < -0.39 is 21.5 Å². The third-order valence-electron chi connectivity index (χ3n) is 6.15. The Bertz CT molecular complexity index is 1140. The molecular formula is C27H29NO5S. The molecule has 1 heterocycles. The molecule has 0 spiro atoms. The van der Waals surface area contributed by atoms with Crippen molar-refractivity contribution in [2.24, 2.45) is 5.73 Å². The van der Waals surface area contributed by atoms with E-state index in [1.54, 1.807) is 36.4 Å². The second kappa shape index (κ2) is 10.8. The summed E-state index contributed by atoms with van der Waals surface area (Å²) in [5.74, 6) is 0.412. The Kier molecular flexibility index (Phi) is 7.65. The quantitative estimate of drug-likeness (QED) is 0.448. The van der Waals surface area contributed by atoms with E-state index in [0.717, 1.165) is 24.0 Å². The molecule has 0 radical (unpaired) electrons. The van der Waals surface area contributed by atoms with Crippen molar-refractivity contribution in [1.82, 2.24) is 0 Å². The highest BCUT2D eigenvalue weighted by atomic mass is 32.2. The summed E-state index contributed by atoms with van der Waals surface area (Å²) in [7, 11) is -1.54. The molecule has 1 aliphatic heterocycles. The Balaban J connectivity index is 1.30. The first-order valence-corrected chi connectivity index (χ1v) is 12.5. The van der Waals surface area contributed by atoms with Crippen LogP contribution < -0.4 is 10.5 Å². The zero-order valence-corrected chi connectivity index (χ0v) is 19.8. The van der Waals surface area contributed by atoms with Crippen LogP contribution in [0, 0.1) is 0 Å². The SMILES string of the molecule is NC(=O)C1(S(=O)c2ccc(OCCCc3cccc(-c4ccc(O)cc4)c3)cc2)CCOCC1. The highest BCUT2D eigenvalue weighted by Gasteiger charge is 2.45. The fourth-order valence-electron chi connectivity index (χ4n) is 4.14. The molecule has 1 unspecified atom stereocenters. The van der Waals surface area contributed by atoms with Crippen LogP contribution in [0.2, 0.25) is 0 Å². The van der Waals surface area contributed by atoms with E-state index in [4.69, 9.17) is 15.2 Å². The van der Waals surface area contributed by atoms with Crippen LogP contribution in [0.4, 0.5) is 0 Å². The maximum atomic E-state index is 13.1. The fraction of sp³-hybridized carbons (Fsp3) is 0.296. The van der Waals surface area contributed by atoms with Crippen molar-refractivity contribution in [3.05, 3.63) is 78.4 Å². The van der Waals surface area contributed by atoms with Crippen LogP contribution in [-0.2, 0) is 26.8 Å². The lowest BCUT2D eigenvalue weighted by Crippen LogP contribution is -2.51. The van der Waals surface area contributed by atoms with E-state index in [2.05, 4.69) is 18.2 Å². The van der Waals surface area contributed by atoms with Gasteiger partial charge < -0.3 is 20.3 Å². The number of hydrogen-bond acceptors (Lipinski definition) is 5. The summed E-state index contributed by atoms with van der Waals surface area (Å²) in [6.45, 7) is 1.32. The molecule has 34 heavy (non-hydrogen) atoms. The summed E-state index contributed by atoms with van der Waals surface area (Å²) in [6, 6.07) is 22.6. The number of ether oxygens (including phenoxy) is 2. The highest BCUT2D eigenvalue weighted by molar-refractivity contribution is 7.87. The average Bonchev–Trinajstić information content (AvgIpc) is 2.87. The van der Waals surface area contributed by atoms with Gasteiger partial charge in [-0.25, -0.2) is 0 Å². The monoisotopic (exact) mass is 479 g/mol. The van der Waals surface area contributed by atoms with Crippen molar-refractivity contribution in [2.75, 3.05) is 19.8 Å². The van der Waals surface area contributed by atoms with E-state index >= 15 is 0 Å². The molecule has 3 aromatic rings. The first-order chi connectivity index (χ1) is 16.5. The Hall–Kier alpha value is -3.16. The molecule has 3 N–H and O–H groups in total. The van der Waals surface area contributed by atoms with Crippen LogP contribution in [0.15, 0.2) is 77.7 Å². The predicted octanol–water partition coefficient (Wildman–Crippen LogP) is 4.21. The molecule has 1 saturated heterocycles. The zero-order chi connectivity index (χ0) is 24.0. The number of phenols is 1. The minimum Gasteiger partial charge on any atom is -0.508 e. The average molecular weight is 480 g/mol. The lowest BCUT2D eigenvalue weighted by atomic mass is 9.98. The third kappa shape index (κ3) is 5.48. The molecule has 0 aliphatic carbocycles. The standard InChI is InChI=1S/C27H29NO5S/c28-26(30)27(14-17-32-18-15-27)34(31)25-12-10-24(11-13-25)33-16-2-4-20-3-1-5-22(19-20)21-6-8-23(29)9-7-21/h1,3,5-13,19,29H,2,4,14-18H2,(H2,28,30). The van der Waals surface area contributed by atoms with Crippen LogP contribution in [-0.4, -0.2) is 39.8 Å². The van der Waals surface area contributed by atoms with Gasteiger partial charge in [0, 0.05) is 18.1 Å². The summed E-state index contributed by atoms with van der Waals surface area (Å²) in [5, 5.41) is 9.48. The van der Waals surface area contributed by atoms with Crippen molar-refractivity contribution in [1.29, 1.82) is 0 Å². The topological polar surface area (TPSA) is 98.9 Å². The summed E-state index contributed by atoms with van der Waals surface area (Å²) in [5.41, 5.74) is 9.01. The largest absolute Gasteiger partial charge is 0.508 e. The molecule has 0 saturated carbocycles. The molecule has 1 atom stereocenters. The van der Waals surface area contributed by atoms with Crippen molar-refractivity contribution in [2.45, 2.75) is 35.3 Å². The third-order valence-corrected chi connectivity index (χ3v) is 8.17. The van der Waals surface area contributed by atoms with Gasteiger partial charge in [-0.3, -0.25) is 9.00 Å². The molecule has 0 aromatic heterocycles. The normalized spacial score (nSPS) is 16.0. The van der Waals surface area contributed by atoms with Gasteiger partial charge in [-0.1, -0.05) is 36.4 Å². The van der Waals surface area contributed by atoms with E-state index in [1.807, 2.05) is 18.2 Å². The van der Waals surface area contributed by atoms with E-state index in [-0.39, 0.29) is 5.75 Å². The maximum Gasteiger partial charge on any atom is 0.236 e. The Morgan fingerprint density at radius 3 is 2.38 bits per heavy atom. The number of rotatable bonds is 9. The first-order valence-electron chi connectivity index (χ1n) is 11.4. The lowest BCUT2D eigenvalue weighted by molar-refractivity contribution is -0.122. The molecule has 0 bridgehead atoms. The van der Waals surface area contributed by atoms with Crippen LogP contribution >= 0.6 is 0 Å². The maximum absolute atomic E-state index is 13.1. The molecule has 7 heteroatoms. The van der Waals surface area contributed by atoms with Crippen LogP contribution in [0.25, 0.3) is 11.1 Å². The summed E-state index contributed by atoms with van der Waals surface area (Å²) < 4.78 is 23.3. The van der Waals surface area contributed by atoms with E-state index in [1.165, 1.54) is 5.56 Å². The van der Waals surface area contributed by atoms with Gasteiger partial charge in [0.1, 0.15) is 16.2 Å². The van der Waals surface area contributed by atoms with Gasteiger partial charge in [0.2, 0.25) is 5.91 Å². The van der Waals surface area contributed by atoms with Gasteiger partial charge >= 0.3 is 0 Å². The Labute approximate surface area is 202 Å². The number of amides is 1. The summed E-state index contributed by atoms with van der Waals surface area (Å²) >= 11 is 0. The first kappa shape index (κ1) is 24.0. The number of phenolic OH excluding ortho intramolecular Hbond substituents is 1. The fourth-order valence-corrected chi connectivity index (χ4v) is 5.69. The molecule has 178 valence electrons. The molecular weight excluding hydrogens is 450 g/mol. The van der Waals surface area contributed by atoms with Gasteiger partial charge in [0.15, 0.2) is 0 Å². The van der Waals surface area contributed by atoms with Crippen molar-refractivity contribution in [3.63, 3.8) is 0 Å². The number of carbonyl (C=O) groups is 1. The number of primary amides is 1. The van der Waals surface area contributed by atoms with E-state index in [0.29, 0.717) is 43.3 Å². The predicted molar refractivity (Wildman–Crippen MR) is 132 cm³/mol. The van der Waals surface area contributed by atoms with Crippen molar-refractivity contribution in [3.8, 4) is 22.6 Å². The van der Waals surface area contributed by atoms with Crippen LogP contribution in [0.3, 0.4) is 0 Å². The minimum absolute atomic E-state index is 0.257. The Morgan fingerprint density at radius 1 is 1.00 bits per heavy atom. The van der Waals surface area contributed by atoms with Crippen molar-refractivity contribution >= 4 is 16.7 Å². The minimum atomic E-state index is -1.54. The molecule has 1 amide bonds. The number of hydrogen-bond donors (Lipinski definition) is 2. The van der Waals surface area contributed by atoms with E-state index in [9.17, 15) is 14.1 Å². The molecule has 3 aromatic carbocycles. The number of nitrogens with two attached hydrogens (primary N) is 1. The zero-order valence-electron chi connectivity index (χ0n) is 18.9. The van der Waals surface area contributed by atoms with Gasteiger partial charge in [-0.15, -0.1) is 0 Å². The highest BCUT2D eigenvalue weighted by Crippen LogP contribution is 2.32. The lowest BCUT2D eigenvalue weighted by Gasteiger charge is -2.33. The van der Waals surface area contributed by atoms with Crippen molar-refractivity contribution < 1.29 is 23.6 Å². The summed E-state index contributed by atoms with van der Waals surface area (Å²) in [6.07, 6.45) is 2.44. The van der Waals surface area contributed by atoms with Gasteiger partial charge in [0.05, 0.1) is 17.4 Å². The van der Waals surface area contributed by atoms with Crippen LogP contribution in [0.5, 0.6) is 11.5 Å². The second-order valence-corrected chi connectivity index (χ2v) is 10.2.